The first-order chi connectivity index (χ1) is 8.80. The van der Waals surface area contributed by atoms with E-state index in [1.165, 1.54) is 12.1 Å². The Kier molecular flexibility index (Phi) is 4.16. The van der Waals surface area contributed by atoms with E-state index in [9.17, 15) is 8.42 Å². The molecule has 1 aromatic carbocycles. The number of nitrogen functional groups attached to an aromatic ring is 1. The number of anilines is 1. The lowest BCUT2D eigenvalue weighted by Crippen LogP contribution is -2.52. The van der Waals surface area contributed by atoms with Gasteiger partial charge in [-0.15, -0.1) is 0 Å². The highest BCUT2D eigenvalue weighted by atomic mass is 79.9. The fourth-order valence-electron chi connectivity index (χ4n) is 2.25. The van der Waals surface area contributed by atoms with Gasteiger partial charge in [-0.1, -0.05) is 18.5 Å². The molecule has 0 aliphatic heterocycles. The summed E-state index contributed by atoms with van der Waals surface area (Å²) < 4.78 is 28.1. The molecule has 0 atom stereocenters. The molecule has 0 spiro atoms. The van der Waals surface area contributed by atoms with Crippen molar-refractivity contribution in [3.05, 3.63) is 21.6 Å². The molecule has 1 fully saturated rings. The molecular weight excluding hydrogens is 352 g/mol. The lowest BCUT2D eigenvalue weighted by Gasteiger charge is -2.41. The molecule has 0 unspecified atom stereocenters. The van der Waals surface area contributed by atoms with Gasteiger partial charge in [-0.05, 0) is 53.7 Å². The van der Waals surface area contributed by atoms with Gasteiger partial charge >= 0.3 is 0 Å². The van der Waals surface area contributed by atoms with Gasteiger partial charge in [-0.3, -0.25) is 0 Å². The van der Waals surface area contributed by atoms with E-state index in [1.807, 2.05) is 6.92 Å². The summed E-state index contributed by atoms with van der Waals surface area (Å²) in [6.45, 7) is 1.99. The standard InChI is InChI=1S/C12H16BrClN2O2S/c1-2-12(4-3-5-12)16-19(17,18)10-7-8(14)6-9(15)11(10)13/h6-7,16H,2-5,15H2,1H3. The Labute approximate surface area is 126 Å². The molecule has 19 heavy (non-hydrogen) atoms. The van der Waals surface area contributed by atoms with Crippen LogP contribution >= 0.6 is 27.5 Å². The molecule has 0 bridgehead atoms. The average Bonchev–Trinajstić information content (AvgIpc) is 2.28. The van der Waals surface area contributed by atoms with Crippen LogP contribution in [0.4, 0.5) is 5.69 Å². The highest BCUT2D eigenvalue weighted by Crippen LogP contribution is 2.38. The quantitative estimate of drug-likeness (QED) is 0.802. The fraction of sp³-hybridized carbons (Fsp3) is 0.500. The molecule has 1 aliphatic rings. The van der Waals surface area contributed by atoms with Crippen molar-refractivity contribution in [3.8, 4) is 0 Å². The minimum absolute atomic E-state index is 0.0947. The van der Waals surface area contributed by atoms with E-state index in [1.54, 1.807) is 0 Å². The molecule has 0 amide bonds. The van der Waals surface area contributed by atoms with Crippen molar-refractivity contribution >= 4 is 43.2 Å². The maximum atomic E-state index is 12.5. The van der Waals surface area contributed by atoms with Crippen LogP contribution in [0.1, 0.15) is 32.6 Å². The zero-order chi connectivity index (χ0) is 14.3. The van der Waals surface area contributed by atoms with Crippen molar-refractivity contribution in [3.63, 3.8) is 0 Å². The van der Waals surface area contributed by atoms with Crippen LogP contribution in [0.5, 0.6) is 0 Å². The van der Waals surface area contributed by atoms with E-state index in [0.717, 1.165) is 25.7 Å². The summed E-state index contributed by atoms with van der Waals surface area (Å²) in [5, 5.41) is 0.306. The molecule has 0 radical (unpaired) electrons. The maximum absolute atomic E-state index is 12.5. The van der Waals surface area contributed by atoms with Gasteiger partial charge < -0.3 is 5.73 Å². The second-order valence-electron chi connectivity index (χ2n) is 4.90. The second-order valence-corrected chi connectivity index (χ2v) is 7.78. The first-order valence-corrected chi connectivity index (χ1v) is 8.73. The number of rotatable bonds is 4. The van der Waals surface area contributed by atoms with Gasteiger partial charge in [0.2, 0.25) is 10.0 Å². The summed E-state index contributed by atoms with van der Waals surface area (Å²) in [7, 11) is -3.63. The van der Waals surface area contributed by atoms with Crippen molar-refractivity contribution in [2.24, 2.45) is 0 Å². The summed E-state index contributed by atoms with van der Waals surface area (Å²) in [5.41, 5.74) is 5.74. The highest BCUT2D eigenvalue weighted by Gasteiger charge is 2.39. The zero-order valence-electron chi connectivity index (χ0n) is 10.5. The molecule has 0 heterocycles. The molecule has 1 aliphatic carbocycles. The smallest absolute Gasteiger partial charge is 0.242 e. The molecule has 7 heteroatoms. The van der Waals surface area contributed by atoms with E-state index in [2.05, 4.69) is 20.7 Å². The molecule has 1 saturated carbocycles. The Hall–Kier alpha value is -0.300. The number of nitrogens with two attached hydrogens (primary N) is 1. The van der Waals surface area contributed by atoms with Crippen LogP contribution in [-0.4, -0.2) is 14.0 Å². The minimum Gasteiger partial charge on any atom is -0.398 e. The molecule has 3 N–H and O–H groups in total. The van der Waals surface area contributed by atoms with E-state index in [0.29, 0.717) is 15.2 Å². The number of nitrogens with one attached hydrogen (secondary N) is 1. The zero-order valence-corrected chi connectivity index (χ0v) is 13.7. The number of benzene rings is 1. The third kappa shape index (κ3) is 2.91. The first-order valence-electron chi connectivity index (χ1n) is 6.08. The van der Waals surface area contributed by atoms with Gasteiger partial charge in [-0.2, -0.15) is 0 Å². The van der Waals surface area contributed by atoms with Crippen LogP contribution in [0.3, 0.4) is 0 Å². The highest BCUT2D eigenvalue weighted by molar-refractivity contribution is 9.10. The number of halogens is 2. The van der Waals surface area contributed by atoms with Gasteiger partial charge in [0.25, 0.3) is 0 Å². The molecule has 4 nitrogen and oxygen atoms in total. The van der Waals surface area contributed by atoms with E-state index in [4.69, 9.17) is 17.3 Å². The Morgan fingerprint density at radius 1 is 1.47 bits per heavy atom. The van der Waals surface area contributed by atoms with E-state index < -0.39 is 10.0 Å². The lowest BCUT2D eigenvalue weighted by molar-refractivity contribution is 0.214. The predicted molar refractivity (Wildman–Crippen MR) is 80.8 cm³/mol. The summed E-state index contributed by atoms with van der Waals surface area (Å²) in [4.78, 5) is 0.0947. The number of hydrogen-bond acceptors (Lipinski definition) is 3. The summed E-state index contributed by atoms with van der Waals surface area (Å²) in [5.74, 6) is 0. The van der Waals surface area contributed by atoms with Gasteiger partial charge in [0.1, 0.15) is 0 Å². The molecule has 1 aromatic rings. The van der Waals surface area contributed by atoms with Crippen LogP contribution in [0.15, 0.2) is 21.5 Å². The van der Waals surface area contributed by atoms with Gasteiger partial charge in [0, 0.05) is 16.2 Å². The fourth-order valence-corrected chi connectivity index (χ4v) is 5.08. The third-order valence-corrected chi connectivity index (χ3v) is 6.63. The largest absolute Gasteiger partial charge is 0.398 e. The Morgan fingerprint density at radius 2 is 2.11 bits per heavy atom. The van der Waals surface area contributed by atoms with Gasteiger partial charge in [-0.25, -0.2) is 13.1 Å². The number of sulfonamides is 1. The molecule has 106 valence electrons. The molecule has 2 rings (SSSR count). The first kappa shape index (κ1) is 15.1. The summed E-state index contributed by atoms with van der Waals surface area (Å²) in [6.07, 6.45) is 3.57. The van der Waals surface area contributed by atoms with Crippen LogP contribution in [0.2, 0.25) is 5.02 Å². The monoisotopic (exact) mass is 366 g/mol. The maximum Gasteiger partial charge on any atom is 0.242 e. The summed E-state index contributed by atoms with van der Waals surface area (Å²) >= 11 is 9.10. The average molecular weight is 368 g/mol. The Balaban J connectivity index is 2.40. The van der Waals surface area contributed by atoms with Crippen molar-refractivity contribution < 1.29 is 8.42 Å². The lowest BCUT2D eigenvalue weighted by atomic mass is 9.76. The van der Waals surface area contributed by atoms with Crippen LogP contribution in [0.25, 0.3) is 0 Å². The molecular formula is C12H16BrClN2O2S. The van der Waals surface area contributed by atoms with Gasteiger partial charge in [0.15, 0.2) is 0 Å². The van der Waals surface area contributed by atoms with Crippen molar-refractivity contribution in [2.75, 3.05) is 5.73 Å². The number of hydrogen-bond donors (Lipinski definition) is 2. The van der Waals surface area contributed by atoms with Crippen LogP contribution in [-0.2, 0) is 10.0 Å². The Bertz CT molecular complexity index is 594. The summed E-state index contributed by atoms with van der Waals surface area (Å²) in [6, 6.07) is 2.93. The van der Waals surface area contributed by atoms with Gasteiger partial charge in [0.05, 0.1) is 9.37 Å². The van der Waals surface area contributed by atoms with Crippen molar-refractivity contribution in [1.82, 2.24) is 4.72 Å². The van der Waals surface area contributed by atoms with Crippen molar-refractivity contribution in [1.29, 1.82) is 0 Å². The molecule has 0 saturated heterocycles. The topological polar surface area (TPSA) is 72.2 Å². The third-order valence-electron chi connectivity index (χ3n) is 3.66. The SMILES string of the molecule is CCC1(NS(=O)(=O)c2cc(Cl)cc(N)c2Br)CCC1. The Morgan fingerprint density at radius 3 is 2.58 bits per heavy atom. The minimum atomic E-state index is -3.63. The van der Waals surface area contributed by atoms with Crippen LogP contribution in [0, 0.1) is 0 Å². The second kappa shape index (κ2) is 5.24. The van der Waals surface area contributed by atoms with Crippen molar-refractivity contribution in [2.45, 2.75) is 43.0 Å². The molecule has 0 aromatic heterocycles. The van der Waals surface area contributed by atoms with E-state index in [-0.39, 0.29) is 10.4 Å². The normalized spacial score (nSPS) is 18.1. The van der Waals surface area contributed by atoms with Crippen LogP contribution < -0.4 is 10.5 Å². The predicted octanol–water partition coefficient (Wildman–Crippen LogP) is 3.30. The van der Waals surface area contributed by atoms with E-state index >= 15 is 0 Å².